The summed E-state index contributed by atoms with van der Waals surface area (Å²) in [5.74, 6) is -0.540. The Morgan fingerprint density at radius 2 is 2.00 bits per heavy atom. The largest absolute Gasteiger partial charge is 0.354 e. The number of carbonyl (C=O) groups excluding carboxylic acids is 2. The van der Waals surface area contributed by atoms with Gasteiger partial charge in [0.2, 0.25) is 11.8 Å². The van der Waals surface area contributed by atoms with Crippen LogP contribution in [-0.2, 0) is 15.0 Å². The normalized spacial score (nSPS) is 23.9. The maximum Gasteiger partial charge on any atom is 0.242 e. The maximum atomic E-state index is 13.0. The van der Waals surface area contributed by atoms with Gasteiger partial charge in [0, 0.05) is 6.54 Å². The summed E-state index contributed by atoms with van der Waals surface area (Å²) >= 11 is 0. The van der Waals surface area contributed by atoms with Crippen LogP contribution in [0, 0.1) is 5.82 Å². The molecule has 20 heavy (non-hydrogen) atoms. The van der Waals surface area contributed by atoms with Crippen LogP contribution in [0.2, 0.25) is 0 Å². The molecular weight excluding hydrogens is 259 g/mol. The van der Waals surface area contributed by atoms with Crippen molar-refractivity contribution in [3.63, 3.8) is 0 Å². The van der Waals surface area contributed by atoms with Gasteiger partial charge < -0.3 is 10.6 Å². The highest BCUT2D eigenvalue weighted by Crippen LogP contribution is 2.48. The number of carbonyl (C=O) groups is 2. The van der Waals surface area contributed by atoms with Crippen molar-refractivity contribution in [1.29, 1.82) is 0 Å². The second-order valence-corrected chi connectivity index (χ2v) is 5.55. The predicted octanol–water partition coefficient (Wildman–Crippen LogP) is 1.25. The number of hydrogen-bond acceptors (Lipinski definition) is 2. The van der Waals surface area contributed by atoms with Crippen molar-refractivity contribution in [3.8, 4) is 0 Å². The van der Waals surface area contributed by atoms with Gasteiger partial charge >= 0.3 is 0 Å². The number of benzene rings is 1. The molecule has 1 saturated carbocycles. The van der Waals surface area contributed by atoms with E-state index in [2.05, 4.69) is 10.6 Å². The van der Waals surface area contributed by atoms with E-state index in [4.69, 9.17) is 0 Å². The Kier molecular flexibility index (Phi) is 3.20. The van der Waals surface area contributed by atoms with Gasteiger partial charge in [-0.2, -0.15) is 0 Å². The summed E-state index contributed by atoms with van der Waals surface area (Å²) in [6.45, 7) is 0.675. The van der Waals surface area contributed by atoms with Crippen molar-refractivity contribution < 1.29 is 14.0 Å². The molecule has 1 heterocycles. The minimum Gasteiger partial charge on any atom is -0.354 e. The molecule has 5 heteroatoms. The van der Waals surface area contributed by atoms with Crippen molar-refractivity contribution in [2.45, 2.75) is 37.1 Å². The number of piperidine rings is 1. The zero-order valence-corrected chi connectivity index (χ0v) is 11.1. The molecule has 1 aliphatic carbocycles. The second kappa shape index (κ2) is 4.89. The van der Waals surface area contributed by atoms with Crippen LogP contribution in [0.4, 0.5) is 4.39 Å². The molecule has 1 atom stereocenters. The topological polar surface area (TPSA) is 58.2 Å². The van der Waals surface area contributed by atoms with Gasteiger partial charge in [-0.05, 0) is 43.4 Å². The van der Waals surface area contributed by atoms with Crippen molar-refractivity contribution in [3.05, 3.63) is 35.6 Å². The molecule has 0 aromatic heterocycles. The van der Waals surface area contributed by atoms with E-state index in [1.54, 1.807) is 12.1 Å². The summed E-state index contributed by atoms with van der Waals surface area (Å²) in [6, 6.07) is 5.62. The lowest BCUT2D eigenvalue weighted by Gasteiger charge is -2.25. The van der Waals surface area contributed by atoms with E-state index >= 15 is 0 Å². The smallest absolute Gasteiger partial charge is 0.242 e. The van der Waals surface area contributed by atoms with Gasteiger partial charge in [0.25, 0.3) is 0 Å². The third-order valence-corrected chi connectivity index (χ3v) is 4.17. The Balaban J connectivity index is 1.73. The summed E-state index contributed by atoms with van der Waals surface area (Å²) in [7, 11) is 0. The standard InChI is InChI=1S/C15H17FN2O2/c16-11-5-3-10(4-6-11)15(7-8-15)14(20)18-12-2-1-9-17-13(12)19/h3-6,12H,1-2,7-9H2,(H,17,19)(H,18,20)/t12-/m1/s1. The first-order chi connectivity index (χ1) is 9.62. The molecular formula is C15H17FN2O2. The van der Waals surface area contributed by atoms with Crippen molar-refractivity contribution >= 4 is 11.8 Å². The van der Waals surface area contributed by atoms with Crippen LogP contribution in [0.3, 0.4) is 0 Å². The molecule has 4 nitrogen and oxygen atoms in total. The van der Waals surface area contributed by atoms with Crippen molar-refractivity contribution in [2.75, 3.05) is 6.54 Å². The summed E-state index contributed by atoms with van der Waals surface area (Å²) in [5, 5.41) is 5.59. The predicted molar refractivity (Wildman–Crippen MR) is 71.5 cm³/mol. The Morgan fingerprint density at radius 1 is 1.30 bits per heavy atom. The average molecular weight is 276 g/mol. The monoisotopic (exact) mass is 276 g/mol. The highest BCUT2D eigenvalue weighted by Gasteiger charge is 2.51. The first-order valence-electron chi connectivity index (χ1n) is 6.96. The van der Waals surface area contributed by atoms with Gasteiger partial charge in [-0.15, -0.1) is 0 Å². The van der Waals surface area contributed by atoms with Gasteiger partial charge in [-0.1, -0.05) is 12.1 Å². The molecule has 3 rings (SSSR count). The number of halogens is 1. The van der Waals surface area contributed by atoms with Crippen LogP contribution in [0.1, 0.15) is 31.2 Å². The molecule has 0 spiro atoms. The molecule has 1 aromatic carbocycles. The Hall–Kier alpha value is -1.91. The summed E-state index contributed by atoms with van der Waals surface area (Å²) in [5.41, 5.74) is 0.262. The van der Waals surface area contributed by atoms with E-state index < -0.39 is 11.5 Å². The summed E-state index contributed by atoms with van der Waals surface area (Å²) in [4.78, 5) is 24.1. The third kappa shape index (κ3) is 2.28. The molecule has 2 aliphatic rings. The second-order valence-electron chi connectivity index (χ2n) is 5.55. The third-order valence-electron chi connectivity index (χ3n) is 4.17. The van der Waals surface area contributed by atoms with Gasteiger partial charge in [0.05, 0.1) is 5.41 Å². The van der Waals surface area contributed by atoms with Crippen LogP contribution in [-0.4, -0.2) is 24.4 Å². The number of nitrogens with one attached hydrogen (secondary N) is 2. The fraction of sp³-hybridized carbons (Fsp3) is 0.467. The lowest BCUT2D eigenvalue weighted by Crippen LogP contribution is -2.52. The Labute approximate surface area is 116 Å². The number of amides is 2. The van der Waals surface area contributed by atoms with E-state index in [-0.39, 0.29) is 17.6 Å². The highest BCUT2D eigenvalue weighted by atomic mass is 19.1. The molecule has 1 saturated heterocycles. The lowest BCUT2D eigenvalue weighted by atomic mass is 9.94. The van der Waals surface area contributed by atoms with E-state index in [9.17, 15) is 14.0 Å². The van der Waals surface area contributed by atoms with Crippen molar-refractivity contribution in [1.82, 2.24) is 10.6 Å². The van der Waals surface area contributed by atoms with E-state index in [1.807, 2.05) is 0 Å². The van der Waals surface area contributed by atoms with Crippen LogP contribution >= 0.6 is 0 Å². The zero-order valence-electron chi connectivity index (χ0n) is 11.1. The molecule has 1 aromatic rings. The first kappa shape index (κ1) is 13.1. The van der Waals surface area contributed by atoms with E-state index in [0.717, 1.165) is 24.8 Å². The molecule has 2 N–H and O–H groups in total. The fourth-order valence-corrected chi connectivity index (χ4v) is 2.75. The molecule has 2 amide bonds. The molecule has 0 bridgehead atoms. The molecule has 0 unspecified atom stereocenters. The van der Waals surface area contributed by atoms with Gasteiger partial charge in [-0.25, -0.2) is 4.39 Å². The van der Waals surface area contributed by atoms with Crippen LogP contribution < -0.4 is 10.6 Å². The first-order valence-corrected chi connectivity index (χ1v) is 6.96. The zero-order chi connectivity index (χ0) is 14.2. The van der Waals surface area contributed by atoms with Crippen molar-refractivity contribution in [2.24, 2.45) is 0 Å². The van der Waals surface area contributed by atoms with Crippen LogP contribution in [0.25, 0.3) is 0 Å². The Bertz CT molecular complexity index is 537. The SMILES string of the molecule is O=C1NCCC[C@H]1NC(=O)C1(c2ccc(F)cc2)CC1. The van der Waals surface area contributed by atoms with Gasteiger partial charge in [0.15, 0.2) is 0 Å². The van der Waals surface area contributed by atoms with E-state index in [1.165, 1.54) is 12.1 Å². The quantitative estimate of drug-likeness (QED) is 0.873. The fourth-order valence-electron chi connectivity index (χ4n) is 2.75. The summed E-state index contributed by atoms with van der Waals surface area (Å²) in [6.07, 6.45) is 3.05. The van der Waals surface area contributed by atoms with Gasteiger partial charge in [-0.3, -0.25) is 9.59 Å². The molecule has 0 radical (unpaired) electrons. The molecule has 106 valence electrons. The minimum atomic E-state index is -0.564. The van der Waals surface area contributed by atoms with Crippen LogP contribution in [0.15, 0.2) is 24.3 Å². The maximum absolute atomic E-state index is 13.0. The summed E-state index contributed by atoms with van der Waals surface area (Å²) < 4.78 is 13.0. The highest BCUT2D eigenvalue weighted by molar-refractivity contribution is 5.95. The van der Waals surface area contributed by atoms with Gasteiger partial charge in [0.1, 0.15) is 11.9 Å². The number of hydrogen-bond donors (Lipinski definition) is 2. The van der Waals surface area contributed by atoms with Crippen LogP contribution in [0.5, 0.6) is 0 Å². The minimum absolute atomic E-state index is 0.112. The average Bonchev–Trinajstić information content (AvgIpc) is 3.24. The van der Waals surface area contributed by atoms with E-state index in [0.29, 0.717) is 13.0 Å². The molecule has 2 fully saturated rings. The molecule has 1 aliphatic heterocycles. The number of rotatable bonds is 3. The lowest BCUT2D eigenvalue weighted by molar-refractivity contribution is -0.131. The Morgan fingerprint density at radius 3 is 2.60 bits per heavy atom.